The largest absolute Gasteiger partial charge is 0.328 e. The fraction of sp³-hybridized carbons (Fsp3) is 0.600. The topological polar surface area (TPSA) is 42.7 Å². The van der Waals surface area contributed by atoms with Crippen LogP contribution in [0, 0.1) is 0 Å². The zero-order chi connectivity index (χ0) is 14.5. The van der Waals surface area contributed by atoms with Crippen molar-refractivity contribution in [2.45, 2.75) is 57.7 Å². The Morgan fingerprint density at radius 3 is 2.55 bits per heavy atom. The number of hydrogen-bond acceptors (Lipinski definition) is 3. The van der Waals surface area contributed by atoms with E-state index in [9.17, 15) is 0 Å². The van der Waals surface area contributed by atoms with Gasteiger partial charge >= 0.3 is 0 Å². The van der Waals surface area contributed by atoms with Crippen LogP contribution in [-0.4, -0.2) is 25.6 Å². The van der Waals surface area contributed by atoms with Crippen molar-refractivity contribution in [2.24, 2.45) is 0 Å². The van der Waals surface area contributed by atoms with Crippen molar-refractivity contribution >= 4 is 22.8 Å². The number of nitrogens with zero attached hydrogens (tertiary/aromatic N) is 3. The lowest BCUT2D eigenvalue weighted by Crippen LogP contribution is -2.57. The molecule has 3 rings (SSSR count). The maximum absolute atomic E-state index is 5.91. The molecule has 0 saturated carbocycles. The number of rotatable bonds is 1. The molecule has 2 aromatic heterocycles. The summed E-state index contributed by atoms with van der Waals surface area (Å²) in [5.74, 6) is 0. The molecule has 3 heterocycles. The Bertz CT molecular complexity index is 628. The minimum absolute atomic E-state index is 0.114. The average molecular weight is 293 g/mol. The van der Waals surface area contributed by atoms with E-state index in [2.05, 4.69) is 53.7 Å². The molecule has 1 aliphatic rings. The van der Waals surface area contributed by atoms with Gasteiger partial charge in [-0.1, -0.05) is 11.6 Å². The van der Waals surface area contributed by atoms with Crippen LogP contribution in [0.25, 0.3) is 11.2 Å². The second kappa shape index (κ2) is 4.43. The van der Waals surface area contributed by atoms with Gasteiger partial charge < -0.3 is 9.88 Å². The molecule has 5 heteroatoms. The van der Waals surface area contributed by atoms with Crippen LogP contribution in [0.1, 0.15) is 46.6 Å². The van der Waals surface area contributed by atoms with Gasteiger partial charge in [-0.3, -0.25) is 0 Å². The average Bonchev–Trinajstić information content (AvgIpc) is 2.67. The molecule has 2 aromatic rings. The number of piperidine rings is 1. The van der Waals surface area contributed by atoms with E-state index >= 15 is 0 Å². The fourth-order valence-electron chi connectivity index (χ4n) is 3.67. The standard InChI is InChI=1S/C15H21ClN4/c1-14(2)7-10(8-15(3,4)19-14)20-6-5-11-13(20)17-9-12(16)18-11/h5-6,9-10,19H,7-8H2,1-4H3. The van der Waals surface area contributed by atoms with Gasteiger partial charge in [0.25, 0.3) is 0 Å². The minimum atomic E-state index is 0.114. The second-order valence-electron chi connectivity index (χ2n) is 7.08. The molecule has 108 valence electrons. The van der Waals surface area contributed by atoms with Crippen molar-refractivity contribution in [3.8, 4) is 0 Å². The van der Waals surface area contributed by atoms with Crippen LogP contribution in [0.5, 0.6) is 0 Å². The molecule has 0 aromatic carbocycles. The first-order chi connectivity index (χ1) is 9.26. The first kappa shape index (κ1) is 13.8. The Hall–Kier alpha value is -1.13. The van der Waals surface area contributed by atoms with E-state index in [4.69, 9.17) is 11.6 Å². The smallest absolute Gasteiger partial charge is 0.159 e. The first-order valence-corrected chi connectivity index (χ1v) is 7.42. The summed E-state index contributed by atoms with van der Waals surface area (Å²) in [5, 5.41) is 4.16. The summed E-state index contributed by atoms with van der Waals surface area (Å²) in [6.07, 6.45) is 5.86. The zero-order valence-electron chi connectivity index (χ0n) is 12.4. The highest BCUT2D eigenvalue weighted by Gasteiger charge is 2.38. The van der Waals surface area contributed by atoms with Crippen molar-refractivity contribution < 1.29 is 0 Å². The first-order valence-electron chi connectivity index (χ1n) is 7.04. The van der Waals surface area contributed by atoms with E-state index in [1.807, 2.05) is 6.07 Å². The number of nitrogens with one attached hydrogen (secondary N) is 1. The van der Waals surface area contributed by atoms with Crippen molar-refractivity contribution in [3.05, 3.63) is 23.6 Å². The molecule has 0 amide bonds. The highest BCUT2D eigenvalue weighted by molar-refractivity contribution is 6.29. The van der Waals surface area contributed by atoms with E-state index in [1.54, 1.807) is 6.20 Å². The Kier molecular flexibility index (Phi) is 3.07. The highest BCUT2D eigenvalue weighted by Crippen LogP contribution is 2.37. The minimum Gasteiger partial charge on any atom is -0.328 e. The fourth-order valence-corrected chi connectivity index (χ4v) is 3.81. The molecule has 0 aliphatic carbocycles. The third-order valence-electron chi connectivity index (χ3n) is 3.95. The summed E-state index contributed by atoms with van der Waals surface area (Å²) in [4.78, 5) is 8.79. The predicted octanol–water partition coefficient (Wildman–Crippen LogP) is 3.57. The van der Waals surface area contributed by atoms with Gasteiger partial charge in [-0.25, -0.2) is 9.97 Å². The summed E-state index contributed by atoms with van der Waals surface area (Å²) < 4.78 is 2.25. The molecule has 1 saturated heterocycles. The van der Waals surface area contributed by atoms with E-state index in [1.165, 1.54) is 0 Å². The van der Waals surface area contributed by atoms with Gasteiger partial charge in [0.1, 0.15) is 10.7 Å². The van der Waals surface area contributed by atoms with Gasteiger partial charge in [-0.2, -0.15) is 0 Å². The summed E-state index contributed by atoms with van der Waals surface area (Å²) in [5.41, 5.74) is 2.02. The predicted molar refractivity (Wildman–Crippen MR) is 82.1 cm³/mol. The second-order valence-corrected chi connectivity index (χ2v) is 7.47. The van der Waals surface area contributed by atoms with Crippen molar-refractivity contribution in [1.82, 2.24) is 19.9 Å². The Balaban J connectivity index is 2.02. The van der Waals surface area contributed by atoms with Crippen molar-refractivity contribution in [3.63, 3.8) is 0 Å². The summed E-state index contributed by atoms with van der Waals surface area (Å²) in [7, 11) is 0. The summed E-state index contributed by atoms with van der Waals surface area (Å²) in [6.45, 7) is 9.04. The van der Waals surface area contributed by atoms with Crippen LogP contribution in [0.15, 0.2) is 18.5 Å². The number of hydrogen-bond donors (Lipinski definition) is 1. The quantitative estimate of drug-likeness (QED) is 0.874. The van der Waals surface area contributed by atoms with Gasteiger partial charge in [0.15, 0.2) is 5.65 Å². The molecule has 0 spiro atoms. The molecule has 0 unspecified atom stereocenters. The Morgan fingerprint density at radius 1 is 1.25 bits per heavy atom. The zero-order valence-corrected chi connectivity index (χ0v) is 13.2. The molecule has 20 heavy (non-hydrogen) atoms. The maximum Gasteiger partial charge on any atom is 0.159 e. The van der Waals surface area contributed by atoms with Gasteiger partial charge in [0, 0.05) is 23.3 Å². The number of halogens is 1. The lowest BCUT2D eigenvalue weighted by atomic mass is 9.79. The normalized spacial score (nSPS) is 22.2. The molecule has 1 N–H and O–H groups in total. The van der Waals surface area contributed by atoms with E-state index in [-0.39, 0.29) is 11.1 Å². The third kappa shape index (κ3) is 2.54. The number of fused-ring (bicyclic) bond motifs is 1. The molecule has 4 nitrogen and oxygen atoms in total. The van der Waals surface area contributed by atoms with Crippen LogP contribution in [0.2, 0.25) is 5.15 Å². The van der Waals surface area contributed by atoms with Gasteiger partial charge in [-0.15, -0.1) is 0 Å². The molecule has 0 atom stereocenters. The summed E-state index contributed by atoms with van der Waals surface area (Å²) in [6, 6.07) is 2.42. The van der Waals surface area contributed by atoms with Gasteiger partial charge in [0.2, 0.25) is 0 Å². The van der Waals surface area contributed by atoms with Crippen LogP contribution in [0.4, 0.5) is 0 Å². The number of aromatic nitrogens is 3. The Morgan fingerprint density at radius 2 is 1.90 bits per heavy atom. The summed E-state index contributed by atoms with van der Waals surface area (Å²) >= 11 is 5.91. The van der Waals surface area contributed by atoms with E-state index in [0.29, 0.717) is 11.2 Å². The van der Waals surface area contributed by atoms with Gasteiger partial charge in [-0.05, 0) is 46.6 Å². The van der Waals surface area contributed by atoms with E-state index < -0.39 is 0 Å². The highest BCUT2D eigenvalue weighted by atomic mass is 35.5. The lowest BCUT2D eigenvalue weighted by molar-refractivity contribution is 0.134. The van der Waals surface area contributed by atoms with Crippen LogP contribution in [-0.2, 0) is 0 Å². The third-order valence-corrected chi connectivity index (χ3v) is 4.13. The van der Waals surface area contributed by atoms with Crippen LogP contribution >= 0.6 is 11.6 Å². The Labute approximate surface area is 124 Å². The van der Waals surface area contributed by atoms with Crippen LogP contribution < -0.4 is 5.32 Å². The molecule has 0 radical (unpaired) electrons. The SMILES string of the molecule is CC1(C)CC(n2ccc3nc(Cl)cnc32)CC(C)(C)N1. The van der Waals surface area contributed by atoms with Crippen LogP contribution in [0.3, 0.4) is 0 Å². The molecule has 0 bridgehead atoms. The molecule has 1 aliphatic heterocycles. The van der Waals surface area contributed by atoms with Crippen molar-refractivity contribution in [1.29, 1.82) is 0 Å². The van der Waals surface area contributed by atoms with Gasteiger partial charge in [0.05, 0.1) is 6.20 Å². The van der Waals surface area contributed by atoms with E-state index in [0.717, 1.165) is 24.0 Å². The lowest BCUT2D eigenvalue weighted by Gasteiger charge is -2.47. The molecule has 1 fully saturated rings. The van der Waals surface area contributed by atoms with Crippen molar-refractivity contribution in [2.75, 3.05) is 0 Å². The molecular formula is C15H21ClN4. The molecular weight excluding hydrogens is 272 g/mol. The monoisotopic (exact) mass is 292 g/mol. The maximum atomic E-state index is 5.91.